The molecular formula is C23H24N2O3. The molecular weight excluding hydrogens is 352 g/mol. The van der Waals surface area contributed by atoms with Gasteiger partial charge in [0.25, 0.3) is 0 Å². The van der Waals surface area contributed by atoms with Crippen molar-refractivity contribution in [3.63, 3.8) is 0 Å². The molecule has 0 heterocycles. The molecule has 0 spiro atoms. The lowest BCUT2D eigenvalue weighted by molar-refractivity contribution is -0.116. The van der Waals surface area contributed by atoms with Crippen LogP contribution in [-0.2, 0) is 4.79 Å². The summed E-state index contributed by atoms with van der Waals surface area (Å²) in [6.45, 7) is 2.50. The molecule has 0 saturated carbocycles. The topological polar surface area (TPSA) is 59.6 Å². The van der Waals surface area contributed by atoms with E-state index in [0.29, 0.717) is 24.4 Å². The van der Waals surface area contributed by atoms with E-state index in [-0.39, 0.29) is 5.91 Å². The Labute approximate surface area is 165 Å². The lowest BCUT2D eigenvalue weighted by atomic mass is 10.2. The number of ether oxygens (including phenoxy) is 2. The fourth-order valence-corrected chi connectivity index (χ4v) is 2.72. The van der Waals surface area contributed by atoms with Gasteiger partial charge in [0.2, 0.25) is 5.91 Å². The molecule has 0 bridgehead atoms. The van der Waals surface area contributed by atoms with Crippen molar-refractivity contribution in [3.05, 3.63) is 78.4 Å². The van der Waals surface area contributed by atoms with E-state index in [1.54, 1.807) is 7.11 Å². The maximum absolute atomic E-state index is 12.2. The molecule has 28 heavy (non-hydrogen) atoms. The zero-order valence-corrected chi connectivity index (χ0v) is 16.1. The highest BCUT2D eigenvalue weighted by Crippen LogP contribution is 2.25. The fourth-order valence-electron chi connectivity index (χ4n) is 2.72. The van der Waals surface area contributed by atoms with Crippen LogP contribution in [-0.4, -0.2) is 19.6 Å². The molecule has 0 fully saturated rings. The van der Waals surface area contributed by atoms with Crippen LogP contribution in [0.25, 0.3) is 0 Å². The van der Waals surface area contributed by atoms with Crippen molar-refractivity contribution in [1.82, 2.24) is 0 Å². The average Bonchev–Trinajstić information content (AvgIpc) is 2.70. The molecule has 0 aliphatic heterocycles. The third kappa shape index (κ3) is 5.51. The van der Waals surface area contributed by atoms with Crippen molar-refractivity contribution in [3.8, 4) is 17.2 Å². The van der Waals surface area contributed by atoms with E-state index >= 15 is 0 Å². The zero-order chi connectivity index (χ0) is 19.8. The highest BCUT2D eigenvalue weighted by Gasteiger charge is 2.08. The van der Waals surface area contributed by atoms with Gasteiger partial charge in [-0.25, -0.2) is 0 Å². The first-order chi connectivity index (χ1) is 13.6. The number of carbonyl (C=O) groups is 1. The predicted molar refractivity (Wildman–Crippen MR) is 112 cm³/mol. The number of amides is 1. The van der Waals surface area contributed by atoms with Gasteiger partial charge in [0.15, 0.2) is 0 Å². The minimum atomic E-state index is -0.0690. The summed E-state index contributed by atoms with van der Waals surface area (Å²) in [7, 11) is 1.59. The SMILES string of the molecule is COc1ccc(C)cc1NC(=O)CCNc1ccc(Oc2ccccc2)cc1. The Morgan fingerprint density at radius 1 is 0.929 bits per heavy atom. The van der Waals surface area contributed by atoms with Crippen LogP contribution >= 0.6 is 0 Å². The maximum Gasteiger partial charge on any atom is 0.226 e. The van der Waals surface area contributed by atoms with Crippen molar-refractivity contribution >= 4 is 17.3 Å². The van der Waals surface area contributed by atoms with E-state index in [2.05, 4.69) is 10.6 Å². The molecule has 2 N–H and O–H groups in total. The average molecular weight is 376 g/mol. The van der Waals surface area contributed by atoms with Crippen LogP contribution in [0.3, 0.4) is 0 Å². The second kappa shape index (κ2) is 9.46. The Morgan fingerprint density at radius 3 is 2.36 bits per heavy atom. The molecule has 0 aliphatic rings. The Bertz CT molecular complexity index is 909. The molecule has 3 aromatic rings. The smallest absolute Gasteiger partial charge is 0.226 e. The van der Waals surface area contributed by atoms with Gasteiger partial charge in [0.1, 0.15) is 17.2 Å². The zero-order valence-electron chi connectivity index (χ0n) is 16.1. The summed E-state index contributed by atoms with van der Waals surface area (Å²) in [5.74, 6) is 2.15. The number of hydrogen-bond donors (Lipinski definition) is 2. The van der Waals surface area contributed by atoms with Gasteiger partial charge in [-0.2, -0.15) is 0 Å². The number of aryl methyl sites for hydroxylation is 1. The van der Waals surface area contributed by atoms with Gasteiger partial charge in [-0.1, -0.05) is 24.3 Å². The molecule has 0 unspecified atom stereocenters. The van der Waals surface area contributed by atoms with Gasteiger partial charge in [0, 0.05) is 18.7 Å². The molecule has 0 saturated heterocycles. The first-order valence-electron chi connectivity index (χ1n) is 9.15. The second-order valence-corrected chi connectivity index (χ2v) is 6.37. The van der Waals surface area contributed by atoms with E-state index in [4.69, 9.17) is 9.47 Å². The Morgan fingerprint density at radius 2 is 1.64 bits per heavy atom. The number of para-hydroxylation sites is 1. The summed E-state index contributed by atoms with van der Waals surface area (Å²) in [6.07, 6.45) is 0.347. The lowest BCUT2D eigenvalue weighted by Gasteiger charge is -2.12. The standard InChI is InChI=1S/C23H24N2O3/c1-17-8-13-22(27-2)21(16-17)25-23(26)14-15-24-18-9-11-20(12-10-18)28-19-6-4-3-5-7-19/h3-13,16,24H,14-15H2,1-2H3,(H,25,26). The van der Waals surface area contributed by atoms with Crippen molar-refractivity contribution in [2.24, 2.45) is 0 Å². The largest absolute Gasteiger partial charge is 0.495 e. The van der Waals surface area contributed by atoms with E-state index in [1.807, 2.05) is 79.7 Å². The molecule has 3 aromatic carbocycles. The van der Waals surface area contributed by atoms with Crippen LogP contribution < -0.4 is 20.1 Å². The van der Waals surface area contributed by atoms with Gasteiger partial charge in [-0.05, 0) is 61.0 Å². The summed E-state index contributed by atoms with van der Waals surface area (Å²) in [4.78, 5) is 12.2. The summed E-state index contributed by atoms with van der Waals surface area (Å²) in [6, 6.07) is 23.0. The van der Waals surface area contributed by atoms with Crippen molar-refractivity contribution in [1.29, 1.82) is 0 Å². The Kier molecular flexibility index (Phi) is 6.52. The summed E-state index contributed by atoms with van der Waals surface area (Å²) >= 11 is 0. The van der Waals surface area contributed by atoms with Gasteiger partial charge in [-0.15, -0.1) is 0 Å². The molecule has 5 heteroatoms. The summed E-state index contributed by atoms with van der Waals surface area (Å²) < 4.78 is 11.1. The van der Waals surface area contributed by atoms with Crippen molar-refractivity contribution in [2.75, 3.05) is 24.3 Å². The van der Waals surface area contributed by atoms with Crippen LogP contribution in [0.15, 0.2) is 72.8 Å². The predicted octanol–water partition coefficient (Wildman–Crippen LogP) is 5.24. The van der Waals surface area contributed by atoms with Gasteiger partial charge in [0.05, 0.1) is 12.8 Å². The number of benzene rings is 3. The molecule has 144 valence electrons. The first kappa shape index (κ1) is 19.3. The molecule has 5 nitrogen and oxygen atoms in total. The van der Waals surface area contributed by atoms with Gasteiger partial charge < -0.3 is 20.1 Å². The summed E-state index contributed by atoms with van der Waals surface area (Å²) in [5.41, 5.74) is 2.68. The van der Waals surface area contributed by atoms with Crippen LogP contribution in [0.5, 0.6) is 17.2 Å². The van der Waals surface area contributed by atoms with E-state index in [9.17, 15) is 4.79 Å². The van der Waals surface area contributed by atoms with Crippen LogP contribution in [0.1, 0.15) is 12.0 Å². The third-order valence-electron chi connectivity index (χ3n) is 4.14. The molecule has 1 amide bonds. The normalized spacial score (nSPS) is 10.2. The Balaban J connectivity index is 1.47. The Hall–Kier alpha value is -3.47. The van der Waals surface area contributed by atoms with Gasteiger partial charge >= 0.3 is 0 Å². The minimum absolute atomic E-state index is 0.0690. The molecule has 3 rings (SSSR count). The van der Waals surface area contributed by atoms with Crippen molar-refractivity contribution < 1.29 is 14.3 Å². The highest BCUT2D eigenvalue weighted by molar-refractivity contribution is 5.92. The molecule has 0 atom stereocenters. The number of methoxy groups -OCH3 is 1. The lowest BCUT2D eigenvalue weighted by Crippen LogP contribution is -2.16. The number of carbonyl (C=O) groups excluding carboxylic acids is 1. The van der Waals surface area contributed by atoms with Crippen molar-refractivity contribution in [2.45, 2.75) is 13.3 Å². The first-order valence-corrected chi connectivity index (χ1v) is 9.15. The summed E-state index contributed by atoms with van der Waals surface area (Å²) in [5, 5.41) is 6.15. The van der Waals surface area contributed by atoms with Crippen LogP contribution in [0.2, 0.25) is 0 Å². The quantitative estimate of drug-likeness (QED) is 0.565. The monoisotopic (exact) mass is 376 g/mol. The second-order valence-electron chi connectivity index (χ2n) is 6.37. The molecule has 0 aromatic heterocycles. The van der Waals surface area contributed by atoms with E-state index < -0.39 is 0 Å². The number of hydrogen-bond acceptors (Lipinski definition) is 4. The fraction of sp³-hybridized carbons (Fsp3) is 0.174. The number of anilines is 2. The maximum atomic E-state index is 12.2. The van der Waals surface area contributed by atoms with Crippen LogP contribution in [0, 0.1) is 6.92 Å². The highest BCUT2D eigenvalue weighted by atomic mass is 16.5. The number of nitrogens with one attached hydrogen (secondary N) is 2. The minimum Gasteiger partial charge on any atom is -0.495 e. The third-order valence-corrected chi connectivity index (χ3v) is 4.14. The number of rotatable bonds is 8. The molecule has 0 aliphatic carbocycles. The molecule has 0 radical (unpaired) electrons. The van der Waals surface area contributed by atoms with E-state index in [0.717, 1.165) is 22.7 Å². The van der Waals surface area contributed by atoms with Crippen LogP contribution in [0.4, 0.5) is 11.4 Å². The van der Waals surface area contributed by atoms with Gasteiger partial charge in [-0.3, -0.25) is 4.79 Å². The van der Waals surface area contributed by atoms with E-state index in [1.165, 1.54) is 0 Å².